The van der Waals surface area contributed by atoms with Gasteiger partial charge in [-0.15, -0.1) is 0 Å². The van der Waals surface area contributed by atoms with E-state index in [0.717, 1.165) is 24.6 Å². The molecule has 1 aliphatic rings. The summed E-state index contributed by atoms with van der Waals surface area (Å²) in [5.74, 6) is -0.456. The van der Waals surface area contributed by atoms with E-state index < -0.39 is 40.6 Å². The Morgan fingerprint density at radius 1 is 1.05 bits per heavy atom. The monoisotopic (exact) mass is 556 g/mol. The van der Waals surface area contributed by atoms with Crippen molar-refractivity contribution < 1.29 is 39.5 Å². The van der Waals surface area contributed by atoms with Crippen LogP contribution in [-0.2, 0) is 16.2 Å². The van der Waals surface area contributed by atoms with Crippen LogP contribution in [0.1, 0.15) is 38.2 Å². The van der Waals surface area contributed by atoms with E-state index >= 15 is 0 Å². The van der Waals surface area contributed by atoms with Crippen molar-refractivity contribution in [2.45, 2.75) is 51.0 Å². The maximum absolute atomic E-state index is 13.0. The SMILES string of the molecule is CCCCS(=O)(=O)N1CCC(Nc2nc(Nc3cccc(C(F)(F)F)c3)nc(OCC(F)(F)F)n2)CC1. The van der Waals surface area contributed by atoms with Crippen LogP contribution in [-0.4, -0.2) is 65.3 Å². The summed E-state index contributed by atoms with van der Waals surface area (Å²) in [6, 6.07) is 3.10. The smallest absolute Gasteiger partial charge is 0.422 e. The average Bonchev–Trinajstić information content (AvgIpc) is 2.81. The van der Waals surface area contributed by atoms with Crippen molar-refractivity contribution >= 4 is 27.6 Å². The molecule has 206 valence electrons. The highest BCUT2D eigenvalue weighted by Gasteiger charge is 2.32. The molecule has 2 heterocycles. The maximum atomic E-state index is 13.0. The lowest BCUT2D eigenvalue weighted by Gasteiger charge is -2.31. The number of piperidine rings is 1. The Hall–Kier alpha value is -2.88. The summed E-state index contributed by atoms with van der Waals surface area (Å²) in [5.41, 5.74) is -1.00. The van der Waals surface area contributed by atoms with Gasteiger partial charge in [0, 0.05) is 24.8 Å². The highest BCUT2D eigenvalue weighted by atomic mass is 32.2. The lowest BCUT2D eigenvalue weighted by molar-refractivity contribution is -0.154. The van der Waals surface area contributed by atoms with Crippen LogP contribution in [0.3, 0.4) is 0 Å². The van der Waals surface area contributed by atoms with E-state index in [0.29, 0.717) is 19.3 Å². The first kappa shape index (κ1) is 28.7. The summed E-state index contributed by atoms with van der Waals surface area (Å²) in [6.45, 7) is 0.680. The van der Waals surface area contributed by atoms with Crippen LogP contribution in [0.2, 0.25) is 0 Å². The largest absolute Gasteiger partial charge is 0.454 e. The molecule has 0 spiro atoms. The van der Waals surface area contributed by atoms with Crippen molar-refractivity contribution in [1.29, 1.82) is 0 Å². The van der Waals surface area contributed by atoms with E-state index in [1.54, 1.807) is 0 Å². The highest BCUT2D eigenvalue weighted by molar-refractivity contribution is 7.89. The molecule has 2 N–H and O–H groups in total. The van der Waals surface area contributed by atoms with Gasteiger partial charge in [0.1, 0.15) is 0 Å². The van der Waals surface area contributed by atoms with Gasteiger partial charge in [0.05, 0.1) is 11.3 Å². The van der Waals surface area contributed by atoms with Crippen LogP contribution in [0.5, 0.6) is 6.01 Å². The number of alkyl halides is 6. The molecule has 0 bridgehead atoms. The molecule has 0 aliphatic carbocycles. The molecule has 2 aromatic rings. The summed E-state index contributed by atoms with van der Waals surface area (Å²) in [7, 11) is -3.38. The maximum Gasteiger partial charge on any atom is 0.422 e. The fourth-order valence-electron chi connectivity index (χ4n) is 3.51. The molecule has 0 unspecified atom stereocenters. The first-order valence-electron chi connectivity index (χ1n) is 11.4. The van der Waals surface area contributed by atoms with Crippen LogP contribution >= 0.6 is 0 Å². The number of hydrogen-bond donors (Lipinski definition) is 2. The number of anilines is 3. The Balaban J connectivity index is 1.75. The van der Waals surface area contributed by atoms with Gasteiger partial charge in [-0.05, 0) is 37.5 Å². The third-order valence-corrected chi connectivity index (χ3v) is 7.32. The van der Waals surface area contributed by atoms with Crippen LogP contribution in [0, 0.1) is 0 Å². The summed E-state index contributed by atoms with van der Waals surface area (Å²) in [4.78, 5) is 11.6. The van der Waals surface area contributed by atoms with Gasteiger partial charge in [0.2, 0.25) is 21.9 Å². The molecule has 37 heavy (non-hydrogen) atoms. The van der Waals surface area contributed by atoms with E-state index in [1.807, 2.05) is 6.92 Å². The summed E-state index contributed by atoms with van der Waals surface area (Å²) < 4.78 is 108. The van der Waals surface area contributed by atoms with Crippen LogP contribution < -0.4 is 15.4 Å². The van der Waals surface area contributed by atoms with Gasteiger partial charge in [-0.25, -0.2) is 12.7 Å². The number of halogens is 6. The average molecular weight is 557 g/mol. The van der Waals surface area contributed by atoms with Crippen LogP contribution in [0.4, 0.5) is 43.9 Å². The molecule has 1 aliphatic heterocycles. The Bertz CT molecular complexity index is 1150. The number of unbranched alkanes of at least 4 members (excludes halogenated alkanes) is 1. The summed E-state index contributed by atoms with van der Waals surface area (Å²) >= 11 is 0. The standard InChI is InChI=1S/C21H26F6N6O3S/c1-2-3-11-37(34,35)33-9-7-15(8-10-33)28-17-30-18(32-19(31-17)36-13-20(22,23)24)29-16-6-4-5-14(12-16)21(25,26)27/h4-6,12,15H,2-3,7-11,13H2,1H3,(H2,28,29,30,31,32). The normalized spacial score (nSPS) is 16.0. The van der Waals surface area contributed by atoms with Crippen LogP contribution in [0.25, 0.3) is 0 Å². The van der Waals surface area contributed by atoms with E-state index in [4.69, 9.17) is 0 Å². The molecule has 1 saturated heterocycles. The number of ether oxygens (including phenoxy) is 1. The van der Waals surface area contributed by atoms with Crippen molar-refractivity contribution in [1.82, 2.24) is 19.3 Å². The number of nitrogens with one attached hydrogen (secondary N) is 2. The second-order valence-corrected chi connectivity index (χ2v) is 10.4. The third kappa shape index (κ3) is 8.87. The molecule has 0 saturated carbocycles. The van der Waals surface area contributed by atoms with Crippen molar-refractivity contribution in [3.05, 3.63) is 29.8 Å². The fourth-order valence-corrected chi connectivity index (χ4v) is 5.19. The van der Waals surface area contributed by atoms with Gasteiger partial charge in [-0.1, -0.05) is 19.4 Å². The number of nitrogens with zero attached hydrogens (tertiary/aromatic N) is 4. The lowest BCUT2D eigenvalue weighted by Crippen LogP contribution is -2.43. The first-order chi connectivity index (χ1) is 17.2. The van der Waals surface area contributed by atoms with Crippen molar-refractivity contribution in [3.63, 3.8) is 0 Å². The Labute approximate surface area is 209 Å². The molecule has 1 aromatic carbocycles. The molecule has 1 fully saturated rings. The number of sulfonamides is 1. The first-order valence-corrected chi connectivity index (χ1v) is 13.0. The second kappa shape index (κ2) is 11.7. The van der Waals surface area contributed by atoms with Gasteiger partial charge in [-0.2, -0.15) is 41.3 Å². The molecule has 3 rings (SSSR count). The topological polar surface area (TPSA) is 109 Å². The van der Waals surface area contributed by atoms with Crippen molar-refractivity contribution in [2.75, 3.05) is 36.1 Å². The molecule has 16 heteroatoms. The molecule has 0 atom stereocenters. The van der Waals surface area contributed by atoms with Gasteiger partial charge in [0.15, 0.2) is 6.61 Å². The fraction of sp³-hybridized carbons (Fsp3) is 0.571. The van der Waals surface area contributed by atoms with Gasteiger partial charge < -0.3 is 15.4 Å². The third-order valence-electron chi connectivity index (χ3n) is 5.36. The van der Waals surface area contributed by atoms with Gasteiger partial charge >= 0.3 is 18.4 Å². The minimum Gasteiger partial charge on any atom is -0.454 e. The zero-order chi connectivity index (χ0) is 27.3. The van der Waals surface area contributed by atoms with Crippen LogP contribution in [0.15, 0.2) is 24.3 Å². The minimum absolute atomic E-state index is 0.0551. The quantitative estimate of drug-likeness (QED) is 0.410. The predicted molar refractivity (Wildman–Crippen MR) is 123 cm³/mol. The summed E-state index contributed by atoms with van der Waals surface area (Å²) in [5, 5.41) is 5.46. The van der Waals surface area contributed by atoms with Crippen molar-refractivity contribution in [2.24, 2.45) is 0 Å². The Morgan fingerprint density at radius 2 is 1.73 bits per heavy atom. The molecule has 0 amide bonds. The number of benzene rings is 1. The molecule has 0 radical (unpaired) electrons. The molecular formula is C21H26F6N6O3S. The van der Waals surface area contributed by atoms with E-state index in [-0.39, 0.29) is 42.5 Å². The van der Waals surface area contributed by atoms with Gasteiger partial charge in [0.25, 0.3) is 0 Å². The molecular weight excluding hydrogens is 530 g/mol. The molecule has 9 nitrogen and oxygen atoms in total. The van der Waals surface area contributed by atoms with E-state index in [9.17, 15) is 34.8 Å². The zero-order valence-corrected chi connectivity index (χ0v) is 20.5. The van der Waals surface area contributed by atoms with Gasteiger partial charge in [-0.3, -0.25) is 0 Å². The predicted octanol–water partition coefficient (Wildman–Crippen LogP) is 4.58. The number of rotatable bonds is 10. The van der Waals surface area contributed by atoms with Crippen molar-refractivity contribution in [3.8, 4) is 6.01 Å². The highest BCUT2D eigenvalue weighted by Crippen LogP contribution is 2.31. The molecule has 1 aromatic heterocycles. The van der Waals surface area contributed by atoms with E-state index in [2.05, 4.69) is 30.3 Å². The Morgan fingerprint density at radius 3 is 2.35 bits per heavy atom. The Kier molecular flexibility index (Phi) is 9.05. The lowest BCUT2D eigenvalue weighted by atomic mass is 10.1. The second-order valence-electron chi connectivity index (χ2n) is 8.36. The zero-order valence-electron chi connectivity index (χ0n) is 19.7. The van der Waals surface area contributed by atoms with E-state index in [1.165, 1.54) is 10.4 Å². The number of aromatic nitrogens is 3. The summed E-state index contributed by atoms with van der Waals surface area (Å²) in [6.07, 6.45) is -7.23. The minimum atomic E-state index is -4.68. The number of hydrogen-bond acceptors (Lipinski definition) is 8.